The smallest absolute Gasteiger partial charge is 0.167 e. The van der Waals surface area contributed by atoms with Gasteiger partial charge in [0, 0.05) is 19.0 Å². The Labute approximate surface area is 159 Å². The average molecular weight is 360 g/mol. The second-order valence-corrected chi connectivity index (χ2v) is 7.31. The Kier molecular flexibility index (Phi) is 4.79. The Morgan fingerprint density at radius 3 is 2.07 bits per heavy atom. The Balaban J connectivity index is 1.80. The van der Waals surface area contributed by atoms with Gasteiger partial charge >= 0.3 is 0 Å². The van der Waals surface area contributed by atoms with Crippen LogP contribution in [-0.4, -0.2) is 27.3 Å². The van der Waals surface area contributed by atoms with Crippen LogP contribution in [0.1, 0.15) is 29.7 Å². The second kappa shape index (κ2) is 7.24. The van der Waals surface area contributed by atoms with Gasteiger partial charge in [0.05, 0.1) is 12.2 Å². The average Bonchev–Trinajstić information content (AvgIpc) is 3.11. The van der Waals surface area contributed by atoms with E-state index < -0.39 is 16.3 Å². The minimum Gasteiger partial charge on any atom is -0.632 e. The van der Waals surface area contributed by atoms with Crippen molar-refractivity contribution < 1.29 is 9.75 Å². The van der Waals surface area contributed by atoms with Crippen LogP contribution in [0.2, 0.25) is 0 Å². The van der Waals surface area contributed by atoms with Gasteiger partial charge in [0.15, 0.2) is 5.60 Å². The van der Waals surface area contributed by atoms with E-state index >= 15 is 0 Å². The normalized spacial score (nSPS) is 22.7. The van der Waals surface area contributed by atoms with Crippen LogP contribution in [0.15, 0.2) is 85.1 Å². The Morgan fingerprint density at radius 2 is 1.52 bits per heavy atom. The van der Waals surface area contributed by atoms with Crippen molar-refractivity contribution >= 4 is 0 Å². The number of hydrogen-bond acceptors (Lipinski definition) is 3. The number of likely N-dealkylation sites (tertiary alicyclic amines) is 1. The molecule has 4 nitrogen and oxygen atoms in total. The first-order valence-corrected chi connectivity index (χ1v) is 9.44. The van der Waals surface area contributed by atoms with Crippen molar-refractivity contribution in [2.24, 2.45) is 0 Å². The van der Waals surface area contributed by atoms with Gasteiger partial charge in [-0.3, -0.25) is 4.98 Å². The fourth-order valence-electron chi connectivity index (χ4n) is 4.38. The molecule has 0 saturated carbocycles. The van der Waals surface area contributed by atoms with Crippen molar-refractivity contribution in [2.45, 2.75) is 31.0 Å². The maximum Gasteiger partial charge on any atom is 0.167 e. The summed E-state index contributed by atoms with van der Waals surface area (Å²) in [5.74, 6) is 0. The summed E-state index contributed by atoms with van der Waals surface area (Å²) in [4.78, 5) is 4.35. The predicted molar refractivity (Wildman–Crippen MR) is 105 cm³/mol. The molecule has 2 heterocycles. The SMILES string of the molecule is [O-][N+]1(Cc2ccccn2)CCC[C@H]1C(O)(c1ccccc1)c1ccccc1. The molecule has 0 aliphatic carbocycles. The number of quaternary nitrogens is 1. The molecule has 2 aromatic carbocycles. The molecule has 1 unspecified atom stereocenters. The number of aliphatic hydroxyl groups is 1. The van der Waals surface area contributed by atoms with Crippen molar-refractivity contribution in [1.82, 2.24) is 4.98 Å². The Bertz CT molecular complexity index is 831. The van der Waals surface area contributed by atoms with Crippen LogP contribution in [0.4, 0.5) is 0 Å². The first-order chi connectivity index (χ1) is 13.1. The van der Waals surface area contributed by atoms with Gasteiger partial charge in [0.25, 0.3) is 0 Å². The third-order valence-electron chi connectivity index (χ3n) is 5.65. The summed E-state index contributed by atoms with van der Waals surface area (Å²) in [5.41, 5.74) is 0.961. The molecule has 27 heavy (non-hydrogen) atoms. The summed E-state index contributed by atoms with van der Waals surface area (Å²) in [6, 6.07) is 24.3. The Hall–Kier alpha value is -2.53. The van der Waals surface area contributed by atoms with E-state index in [-0.39, 0.29) is 6.54 Å². The molecular weight excluding hydrogens is 336 g/mol. The number of benzene rings is 2. The topological polar surface area (TPSA) is 56.2 Å². The fraction of sp³-hybridized carbons (Fsp3) is 0.261. The number of nitrogens with zero attached hydrogens (tertiary/aromatic N) is 2. The van der Waals surface area contributed by atoms with Crippen LogP contribution >= 0.6 is 0 Å². The zero-order chi connectivity index (χ0) is 18.7. The molecule has 1 aromatic heterocycles. The molecule has 1 aliphatic heterocycles. The zero-order valence-corrected chi connectivity index (χ0v) is 15.2. The molecule has 4 rings (SSSR count). The van der Waals surface area contributed by atoms with Gasteiger partial charge in [-0.1, -0.05) is 66.7 Å². The summed E-state index contributed by atoms with van der Waals surface area (Å²) >= 11 is 0. The highest BCUT2D eigenvalue weighted by atomic mass is 16.6. The maximum atomic E-state index is 13.9. The van der Waals surface area contributed by atoms with E-state index in [0.717, 1.165) is 23.2 Å². The lowest BCUT2D eigenvalue weighted by Crippen LogP contribution is -2.56. The molecule has 1 N–H and O–H groups in total. The lowest BCUT2D eigenvalue weighted by molar-refractivity contribution is -0.913. The first kappa shape index (κ1) is 17.9. The molecule has 1 fully saturated rings. The van der Waals surface area contributed by atoms with Gasteiger partial charge < -0.3 is 15.0 Å². The van der Waals surface area contributed by atoms with Gasteiger partial charge in [0.2, 0.25) is 0 Å². The van der Waals surface area contributed by atoms with E-state index in [1.165, 1.54) is 0 Å². The second-order valence-electron chi connectivity index (χ2n) is 7.31. The minimum absolute atomic E-state index is 0.271. The third kappa shape index (κ3) is 3.28. The number of rotatable bonds is 5. The predicted octanol–water partition coefficient (Wildman–Crippen LogP) is 3.99. The van der Waals surface area contributed by atoms with Gasteiger partial charge in [-0.25, -0.2) is 0 Å². The van der Waals surface area contributed by atoms with Crippen molar-refractivity contribution in [3.63, 3.8) is 0 Å². The summed E-state index contributed by atoms with van der Waals surface area (Å²) < 4.78 is -0.461. The van der Waals surface area contributed by atoms with E-state index in [4.69, 9.17) is 0 Å². The van der Waals surface area contributed by atoms with E-state index in [1.54, 1.807) is 6.20 Å². The summed E-state index contributed by atoms with van der Waals surface area (Å²) in [6.45, 7) is 0.761. The first-order valence-electron chi connectivity index (χ1n) is 9.44. The summed E-state index contributed by atoms with van der Waals surface area (Å²) in [7, 11) is 0. The molecule has 3 aromatic rings. The van der Waals surface area contributed by atoms with Gasteiger partial charge in [-0.05, 0) is 23.3 Å². The Morgan fingerprint density at radius 1 is 0.926 bits per heavy atom. The van der Waals surface area contributed by atoms with Crippen LogP contribution in [0.3, 0.4) is 0 Å². The quantitative estimate of drug-likeness (QED) is 0.553. The van der Waals surface area contributed by atoms with Crippen LogP contribution in [0, 0.1) is 5.21 Å². The number of pyridine rings is 1. The lowest BCUT2D eigenvalue weighted by atomic mass is 9.79. The van der Waals surface area contributed by atoms with Crippen molar-refractivity contribution in [1.29, 1.82) is 0 Å². The molecule has 2 atom stereocenters. The van der Waals surface area contributed by atoms with E-state index in [9.17, 15) is 10.3 Å². The molecule has 1 aliphatic rings. The monoisotopic (exact) mass is 360 g/mol. The molecule has 0 spiro atoms. The molecule has 1 saturated heterocycles. The minimum atomic E-state index is -1.34. The molecule has 0 bridgehead atoms. The highest BCUT2D eigenvalue weighted by Gasteiger charge is 2.51. The van der Waals surface area contributed by atoms with Crippen LogP contribution < -0.4 is 0 Å². The third-order valence-corrected chi connectivity index (χ3v) is 5.65. The van der Waals surface area contributed by atoms with Gasteiger partial charge in [0.1, 0.15) is 12.6 Å². The van der Waals surface area contributed by atoms with Gasteiger partial charge in [-0.2, -0.15) is 0 Å². The molecule has 138 valence electrons. The van der Waals surface area contributed by atoms with Crippen molar-refractivity contribution in [3.8, 4) is 0 Å². The highest BCUT2D eigenvalue weighted by Crippen LogP contribution is 2.44. The molecule has 0 amide bonds. The summed E-state index contributed by atoms with van der Waals surface area (Å²) in [6.07, 6.45) is 3.19. The van der Waals surface area contributed by atoms with E-state index in [0.29, 0.717) is 13.0 Å². The van der Waals surface area contributed by atoms with Crippen molar-refractivity contribution in [3.05, 3.63) is 107 Å². The summed E-state index contributed by atoms with van der Waals surface area (Å²) in [5, 5.41) is 26.0. The standard InChI is InChI=1S/C23H24N2O2/c26-23(19-10-3-1-4-11-19,20-12-5-2-6-13-20)22-15-9-17-25(22,27)18-21-14-7-8-16-24-21/h1-8,10-14,16,22,26H,9,15,17-18H2/t22-,25?/m0/s1. The number of hydrogen-bond donors (Lipinski definition) is 1. The fourth-order valence-corrected chi connectivity index (χ4v) is 4.38. The van der Waals surface area contributed by atoms with Crippen molar-refractivity contribution in [2.75, 3.05) is 6.54 Å². The maximum absolute atomic E-state index is 13.9. The largest absolute Gasteiger partial charge is 0.632 e. The van der Waals surface area contributed by atoms with E-state index in [2.05, 4.69) is 4.98 Å². The highest BCUT2D eigenvalue weighted by molar-refractivity contribution is 5.37. The van der Waals surface area contributed by atoms with Crippen LogP contribution in [0.25, 0.3) is 0 Å². The van der Waals surface area contributed by atoms with Gasteiger partial charge in [-0.15, -0.1) is 0 Å². The molecular formula is C23H24N2O2. The lowest BCUT2D eigenvalue weighted by Gasteiger charge is -2.50. The zero-order valence-electron chi connectivity index (χ0n) is 15.2. The number of hydroxylamine groups is 3. The number of aromatic nitrogens is 1. The van der Waals surface area contributed by atoms with Crippen LogP contribution in [-0.2, 0) is 12.1 Å². The molecule has 0 radical (unpaired) electrons. The van der Waals surface area contributed by atoms with Crippen LogP contribution in [0.5, 0.6) is 0 Å². The molecule has 4 heteroatoms. The van der Waals surface area contributed by atoms with E-state index in [1.807, 2.05) is 78.9 Å².